The molecule has 1 amide bonds. The minimum atomic E-state index is -1.32. The first-order valence-corrected chi connectivity index (χ1v) is 16.7. The van der Waals surface area contributed by atoms with E-state index in [2.05, 4.69) is 29.9 Å². The number of halogens is 1. The average molecular weight is 576 g/mol. The summed E-state index contributed by atoms with van der Waals surface area (Å²) in [6.45, 7) is 12.4. The summed E-state index contributed by atoms with van der Waals surface area (Å²) in [4.78, 5) is 28.1. The Balaban J connectivity index is 1.77. The zero-order valence-electron chi connectivity index (χ0n) is 23.8. The number of carbonyl (C=O) groups excluding carboxylic acids is 1. The number of ether oxygens (including phenoxy) is 3. The Bertz CT molecular complexity index is 1350. The number of rotatable bonds is 12. The van der Waals surface area contributed by atoms with Gasteiger partial charge >= 0.3 is 12.1 Å². The molecule has 0 fully saturated rings. The highest BCUT2D eigenvalue weighted by Crippen LogP contribution is 2.34. The van der Waals surface area contributed by atoms with Crippen LogP contribution in [0.5, 0.6) is 11.5 Å². The van der Waals surface area contributed by atoms with Crippen LogP contribution in [-0.2, 0) is 34.0 Å². The van der Waals surface area contributed by atoms with Crippen molar-refractivity contribution in [2.24, 2.45) is 0 Å². The van der Waals surface area contributed by atoms with Crippen LogP contribution in [0.2, 0.25) is 25.7 Å². The number of nitrogens with zero attached hydrogens (tertiary/aromatic N) is 2. The summed E-state index contributed by atoms with van der Waals surface area (Å²) in [6.07, 6.45) is 2.22. The van der Waals surface area contributed by atoms with E-state index in [1.807, 2.05) is 0 Å². The molecule has 0 aliphatic rings. The van der Waals surface area contributed by atoms with Crippen molar-refractivity contribution in [1.82, 2.24) is 14.9 Å². The highest BCUT2D eigenvalue weighted by Gasteiger charge is 2.25. The number of aromatic nitrogens is 2. The maximum Gasteiger partial charge on any atom is 0.408 e. The van der Waals surface area contributed by atoms with Crippen molar-refractivity contribution in [2.45, 2.75) is 77.9 Å². The molecule has 2 heterocycles. The van der Waals surface area contributed by atoms with Crippen molar-refractivity contribution < 1.29 is 38.4 Å². The Kier molecular flexibility index (Phi) is 9.93. The van der Waals surface area contributed by atoms with Crippen molar-refractivity contribution >= 4 is 31.2 Å². The van der Waals surface area contributed by atoms with Gasteiger partial charge in [-0.25, -0.2) is 19.0 Å². The summed E-state index contributed by atoms with van der Waals surface area (Å²) in [6, 6.07) is 5.34. The van der Waals surface area contributed by atoms with E-state index in [1.54, 1.807) is 37.6 Å². The Morgan fingerprint density at radius 1 is 1.18 bits per heavy atom. The van der Waals surface area contributed by atoms with Crippen molar-refractivity contribution in [3.05, 3.63) is 53.6 Å². The molecule has 0 aliphatic carbocycles. The molecule has 40 heavy (non-hydrogen) atoms. The van der Waals surface area contributed by atoms with Gasteiger partial charge in [-0.1, -0.05) is 25.7 Å². The van der Waals surface area contributed by atoms with Gasteiger partial charge in [0.15, 0.2) is 11.6 Å². The lowest BCUT2D eigenvalue weighted by Gasteiger charge is -2.22. The SMILES string of the molecule is CC(C)(C)OC(=O)NC(Cc1ccc(Oc2ccnc3c2c(CO)cn3COCC[Si](C)(C)C)c(F)c1)C(=O)O. The van der Waals surface area contributed by atoms with Crippen molar-refractivity contribution in [2.75, 3.05) is 6.61 Å². The number of benzene rings is 1. The van der Waals surface area contributed by atoms with E-state index in [9.17, 15) is 19.8 Å². The van der Waals surface area contributed by atoms with Gasteiger partial charge in [-0.2, -0.15) is 0 Å². The first-order valence-electron chi connectivity index (χ1n) is 13.0. The van der Waals surface area contributed by atoms with Crippen LogP contribution < -0.4 is 10.1 Å². The molecule has 3 aromatic rings. The van der Waals surface area contributed by atoms with Crippen LogP contribution in [-0.4, -0.2) is 58.2 Å². The lowest BCUT2D eigenvalue weighted by Crippen LogP contribution is -2.44. The zero-order valence-corrected chi connectivity index (χ0v) is 24.8. The molecule has 1 unspecified atom stereocenters. The maximum atomic E-state index is 15.1. The van der Waals surface area contributed by atoms with Gasteiger partial charge in [0.1, 0.15) is 29.8 Å². The Morgan fingerprint density at radius 2 is 1.90 bits per heavy atom. The van der Waals surface area contributed by atoms with Gasteiger partial charge in [0.05, 0.1) is 12.0 Å². The molecule has 0 radical (unpaired) electrons. The summed E-state index contributed by atoms with van der Waals surface area (Å²) in [5, 5.41) is 22.3. The first-order chi connectivity index (χ1) is 18.7. The Hall–Kier alpha value is -3.48. The smallest absolute Gasteiger partial charge is 0.408 e. The standard InChI is InChI=1S/C28H38FN3O7Si/c1-28(2,3)39-27(36)31-21(26(34)35)14-18-7-8-22(20(29)13-18)38-23-9-10-30-25-24(23)19(16-33)15-32(25)17-37-11-12-40(4,5)6/h7-10,13,15,21,33H,11-12,14,16-17H2,1-6H3,(H,31,36)(H,34,35). The highest BCUT2D eigenvalue weighted by atomic mass is 28.3. The van der Waals surface area contributed by atoms with Crippen molar-refractivity contribution in [3.63, 3.8) is 0 Å². The molecular weight excluding hydrogens is 537 g/mol. The van der Waals surface area contributed by atoms with E-state index in [0.29, 0.717) is 34.5 Å². The van der Waals surface area contributed by atoms with E-state index in [4.69, 9.17) is 14.2 Å². The van der Waals surface area contributed by atoms with Gasteiger partial charge < -0.3 is 34.3 Å². The summed E-state index contributed by atoms with van der Waals surface area (Å²) in [5.74, 6) is -1.79. The van der Waals surface area contributed by atoms with Crippen LogP contribution >= 0.6 is 0 Å². The third-order valence-electron chi connectivity index (χ3n) is 5.84. The van der Waals surface area contributed by atoms with E-state index < -0.39 is 37.6 Å². The molecule has 0 saturated carbocycles. The fourth-order valence-electron chi connectivity index (χ4n) is 3.87. The molecule has 3 N–H and O–H groups in total. The molecule has 12 heteroatoms. The molecule has 3 rings (SSSR count). The number of carbonyl (C=O) groups is 2. The van der Waals surface area contributed by atoms with E-state index in [-0.39, 0.29) is 25.5 Å². The predicted molar refractivity (Wildman–Crippen MR) is 151 cm³/mol. The van der Waals surface area contributed by atoms with Crippen LogP contribution in [0.25, 0.3) is 11.0 Å². The molecular formula is C28H38FN3O7Si. The summed E-state index contributed by atoms with van der Waals surface area (Å²) in [7, 11) is -1.24. The van der Waals surface area contributed by atoms with E-state index in [1.165, 1.54) is 18.3 Å². The highest BCUT2D eigenvalue weighted by molar-refractivity contribution is 6.76. The quantitative estimate of drug-likeness (QED) is 0.196. The molecule has 10 nitrogen and oxygen atoms in total. The molecule has 2 aromatic heterocycles. The van der Waals surface area contributed by atoms with E-state index >= 15 is 4.39 Å². The number of carboxylic acid groups (broad SMARTS) is 1. The number of aliphatic hydroxyl groups excluding tert-OH is 1. The topological polar surface area (TPSA) is 132 Å². The van der Waals surface area contributed by atoms with Gasteiger partial charge in [0, 0.05) is 39.1 Å². The largest absolute Gasteiger partial charge is 0.480 e. The molecule has 0 aliphatic heterocycles. The number of alkyl carbamates (subject to hydrolysis) is 1. The second-order valence-corrected chi connectivity index (χ2v) is 17.4. The number of nitrogens with one attached hydrogen (secondary N) is 1. The number of amides is 1. The maximum absolute atomic E-state index is 15.1. The number of carboxylic acids is 1. The number of aliphatic carboxylic acids is 1. The molecule has 0 spiro atoms. The summed E-state index contributed by atoms with van der Waals surface area (Å²) in [5.41, 5.74) is 0.630. The lowest BCUT2D eigenvalue weighted by atomic mass is 10.1. The lowest BCUT2D eigenvalue weighted by molar-refractivity contribution is -0.139. The van der Waals surface area contributed by atoms with Crippen LogP contribution in [0.15, 0.2) is 36.7 Å². The third-order valence-corrected chi connectivity index (χ3v) is 7.54. The van der Waals surface area contributed by atoms with Gasteiger partial charge in [0.2, 0.25) is 0 Å². The fourth-order valence-corrected chi connectivity index (χ4v) is 4.63. The minimum Gasteiger partial charge on any atom is -0.480 e. The Labute approximate surface area is 234 Å². The molecule has 1 aromatic carbocycles. The third kappa shape index (κ3) is 8.76. The monoisotopic (exact) mass is 575 g/mol. The molecule has 0 bridgehead atoms. The number of hydrogen-bond donors (Lipinski definition) is 3. The zero-order chi connectivity index (χ0) is 29.7. The van der Waals surface area contributed by atoms with Crippen molar-refractivity contribution in [1.29, 1.82) is 0 Å². The van der Waals surface area contributed by atoms with Gasteiger partial charge in [0.25, 0.3) is 0 Å². The van der Waals surface area contributed by atoms with Crippen LogP contribution in [0.4, 0.5) is 9.18 Å². The number of fused-ring (bicyclic) bond motifs is 1. The fraction of sp³-hybridized carbons (Fsp3) is 0.464. The van der Waals surface area contributed by atoms with E-state index in [0.717, 1.165) is 12.1 Å². The number of hydrogen-bond acceptors (Lipinski definition) is 7. The molecule has 218 valence electrons. The number of aliphatic hydroxyl groups is 1. The van der Waals surface area contributed by atoms with Crippen LogP contribution in [0.3, 0.4) is 0 Å². The molecule has 1 atom stereocenters. The van der Waals surface area contributed by atoms with Gasteiger partial charge in [-0.15, -0.1) is 0 Å². The average Bonchev–Trinajstić information content (AvgIpc) is 3.20. The molecule has 0 saturated heterocycles. The van der Waals surface area contributed by atoms with Crippen LogP contribution in [0.1, 0.15) is 31.9 Å². The first kappa shape index (κ1) is 31.0. The van der Waals surface area contributed by atoms with Gasteiger partial charge in [-0.3, -0.25) is 0 Å². The second-order valence-electron chi connectivity index (χ2n) is 11.7. The second kappa shape index (κ2) is 12.8. The van der Waals surface area contributed by atoms with Crippen molar-refractivity contribution in [3.8, 4) is 11.5 Å². The Morgan fingerprint density at radius 3 is 2.50 bits per heavy atom. The number of pyridine rings is 1. The summed E-state index contributed by atoms with van der Waals surface area (Å²) >= 11 is 0. The minimum absolute atomic E-state index is 0.0914. The predicted octanol–water partition coefficient (Wildman–Crippen LogP) is 5.29. The van der Waals surface area contributed by atoms with Gasteiger partial charge in [-0.05, 0) is 50.6 Å². The normalized spacial score (nSPS) is 12.8. The van der Waals surface area contributed by atoms with Crippen LogP contribution in [0, 0.1) is 5.82 Å². The summed E-state index contributed by atoms with van der Waals surface area (Å²) < 4.78 is 33.7.